The number of aromatic nitrogens is 2. The largest absolute Gasteiger partial charge is 0.493 e. The molecule has 0 aliphatic rings. The minimum absolute atomic E-state index is 0.228. The molecule has 3 aromatic rings. The van der Waals surface area contributed by atoms with Crippen LogP contribution in [0.3, 0.4) is 0 Å². The third-order valence-electron chi connectivity index (χ3n) is 4.03. The Morgan fingerprint density at radius 3 is 2.85 bits per heavy atom. The van der Waals surface area contributed by atoms with E-state index in [0.29, 0.717) is 41.7 Å². The second-order valence-corrected chi connectivity index (χ2v) is 6.45. The fourth-order valence-corrected chi connectivity index (χ4v) is 2.98. The summed E-state index contributed by atoms with van der Waals surface area (Å²) in [6, 6.07) is 11.0. The fraction of sp³-hybridized carbons (Fsp3) is 0.300. The molecular weight excluding hydrogens is 366 g/mol. The summed E-state index contributed by atoms with van der Waals surface area (Å²) >= 11 is 6.27. The highest BCUT2D eigenvalue weighted by Gasteiger charge is 2.16. The number of fused-ring (bicyclic) bond motifs is 1. The number of imidazole rings is 1. The number of aromatic amines is 1. The van der Waals surface area contributed by atoms with E-state index < -0.39 is 0 Å². The van der Waals surface area contributed by atoms with E-state index in [2.05, 4.69) is 15.3 Å². The maximum Gasteiger partial charge on any atom is 0.251 e. The average Bonchev–Trinajstić information content (AvgIpc) is 3.09. The number of para-hydroxylation sites is 2. The van der Waals surface area contributed by atoms with Gasteiger partial charge in [0.1, 0.15) is 5.82 Å². The SMILES string of the molecule is CCCOc1c(Cl)cc(C(=O)NCCc2nc3ccccc3[nH]2)cc1OC. The molecule has 1 heterocycles. The van der Waals surface area contributed by atoms with Crippen molar-refractivity contribution in [3.8, 4) is 11.5 Å². The van der Waals surface area contributed by atoms with Crippen molar-refractivity contribution in [3.05, 3.63) is 52.8 Å². The van der Waals surface area contributed by atoms with Crippen LogP contribution in [0.2, 0.25) is 5.02 Å². The predicted molar refractivity (Wildman–Crippen MR) is 106 cm³/mol. The number of carbonyl (C=O) groups is 1. The Hall–Kier alpha value is -2.73. The van der Waals surface area contributed by atoms with Gasteiger partial charge in [-0.1, -0.05) is 30.7 Å². The van der Waals surface area contributed by atoms with E-state index in [0.717, 1.165) is 23.3 Å². The average molecular weight is 388 g/mol. The van der Waals surface area contributed by atoms with Gasteiger partial charge in [0.15, 0.2) is 11.5 Å². The van der Waals surface area contributed by atoms with Gasteiger partial charge in [-0.15, -0.1) is 0 Å². The highest BCUT2D eigenvalue weighted by Crippen LogP contribution is 2.36. The normalized spacial score (nSPS) is 10.8. The number of carbonyl (C=O) groups excluding carboxylic acids is 1. The van der Waals surface area contributed by atoms with Crippen molar-refractivity contribution in [1.29, 1.82) is 0 Å². The Labute approximate surface area is 162 Å². The molecule has 0 bridgehead atoms. The molecule has 1 aromatic heterocycles. The highest BCUT2D eigenvalue weighted by atomic mass is 35.5. The Kier molecular flexibility index (Phi) is 6.19. The van der Waals surface area contributed by atoms with Crippen molar-refractivity contribution in [1.82, 2.24) is 15.3 Å². The van der Waals surface area contributed by atoms with Crippen LogP contribution in [0, 0.1) is 0 Å². The summed E-state index contributed by atoms with van der Waals surface area (Å²) < 4.78 is 10.9. The summed E-state index contributed by atoms with van der Waals surface area (Å²) in [5.41, 5.74) is 2.32. The maximum absolute atomic E-state index is 12.5. The van der Waals surface area contributed by atoms with Crippen LogP contribution in [-0.2, 0) is 6.42 Å². The molecule has 2 N–H and O–H groups in total. The van der Waals surface area contributed by atoms with Crippen LogP contribution in [0.15, 0.2) is 36.4 Å². The number of amides is 1. The number of ether oxygens (including phenoxy) is 2. The second kappa shape index (κ2) is 8.77. The summed E-state index contributed by atoms with van der Waals surface area (Å²) in [6.07, 6.45) is 1.45. The Balaban J connectivity index is 1.64. The van der Waals surface area contributed by atoms with Crippen LogP contribution in [0.1, 0.15) is 29.5 Å². The first-order chi connectivity index (χ1) is 13.1. The van der Waals surface area contributed by atoms with E-state index in [9.17, 15) is 4.79 Å². The summed E-state index contributed by atoms with van der Waals surface area (Å²) in [5, 5.41) is 3.23. The molecule has 6 nitrogen and oxygen atoms in total. The number of nitrogens with zero attached hydrogens (tertiary/aromatic N) is 1. The number of benzene rings is 2. The van der Waals surface area contributed by atoms with Gasteiger partial charge in [-0.2, -0.15) is 0 Å². The van der Waals surface area contributed by atoms with Gasteiger partial charge >= 0.3 is 0 Å². The topological polar surface area (TPSA) is 76.2 Å². The predicted octanol–water partition coefficient (Wildman–Crippen LogP) is 3.99. The molecule has 2 aromatic carbocycles. The van der Waals surface area contributed by atoms with Crippen LogP contribution in [0.5, 0.6) is 11.5 Å². The molecule has 0 radical (unpaired) electrons. The fourth-order valence-electron chi connectivity index (χ4n) is 2.72. The van der Waals surface area contributed by atoms with E-state index in [1.807, 2.05) is 31.2 Å². The third-order valence-corrected chi connectivity index (χ3v) is 4.31. The van der Waals surface area contributed by atoms with Gasteiger partial charge in [0.25, 0.3) is 5.91 Å². The minimum Gasteiger partial charge on any atom is -0.493 e. The third kappa shape index (κ3) is 4.52. The Bertz CT molecular complexity index is 906. The first-order valence-electron chi connectivity index (χ1n) is 8.84. The molecule has 0 aliphatic carbocycles. The zero-order chi connectivity index (χ0) is 19.2. The first kappa shape index (κ1) is 19.0. The molecular formula is C20H22ClN3O3. The second-order valence-electron chi connectivity index (χ2n) is 6.04. The van der Waals surface area contributed by atoms with Crippen LogP contribution in [0.4, 0.5) is 0 Å². The number of nitrogens with one attached hydrogen (secondary N) is 2. The molecule has 142 valence electrons. The van der Waals surface area contributed by atoms with Crippen LogP contribution >= 0.6 is 11.6 Å². The van der Waals surface area contributed by atoms with Crippen LogP contribution < -0.4 is 14.8 Å². The van der Waals surface area contributed by atoms with Crippen LogP contribution in [0.25, 0.3) is 11.0 Å². The van der Waals surface area contributed by atoms with Gasteiger partial charge in [-0.3, -0.25) is 4.79 Å². The monoisotopic (exact) mass is 387 g/mol. The number of hydrogen-bond acceptors (Lipinski definition) is 4. The van der Waals surface area contributed by atoms with Crippen molar-refractivity contribution < 1.29 is 14.3 Å². The summed E-state index contributed by atoms with van der Waals surface area (Å²) in [4.78, 5) is 20.2. The van der Waals surface area contributed by atoms with E-state index >= 15 is 0 Å². The Morgan fingerprint density at radius 2 is 2.11 bits per heavy atom. The molecule has 0 atom stereocenters. The van der Waals surface area contributed by atoms with Crippen molar-refractivity contribution in [2.24, 2.45) is 0 Å². The molecule has 0 saturated carbocycles. The molecule has 0 unspecified atom stereocenters. The van der Waals surface area contributed by atoms with Crippen LogP contribution in [-0.4, -0.2) is 36.1 Å². The number of hydrogen-bond donors (Lipinski definition) is 2. The highest BCUT2D eigenvalue weighted by molar-refractivity contribution is 6.32. The van der Waals surface area contributed by atoms with Gasteiger partial charge in [0.05, 0.1) is 29.8 Å². The minimum atomic E-state index is -0.228. The lowest BCUT2D eigenvalue weighted by Crippen LogP contribution is -2.26. The molecule has 0 aliphatic heterocycles. The Morgan fingerprint density at radius 1 is 1.30 bits per heavy atom. The smallest absolute Gasteiger partial charge is 0.251 e. The number of rotatable bonds is 8. The zero-order valence-corrected chi connectivity index (χ0v) is 16.1. The van der Waals surface area contributed by atoms with Gasteiger partial charge in [-0.05, 0) is 30.7 Å². The van der Waals surface area contributed by atoms with E-state index in [1.165, 1.54) is 7.11 Å². The molecule has 7 heteroatoms. The van der Waals surface area contributed by atoms with Gasteiger partial charge < -0.3 is 19.8 Å². The van der Waals surface area contributed by atoms with Gasteiger partial charge in [0, 0.05) is 18.5 Å². The van der Waals surface area contributed by atoms with Crippen molar-refractivity contribution >= 4 is 28.5 Å². The lowest BCUT2D eigenvalue weighted by Gasteiger charge is -2.13. The zero-order valence-electron chi connectivity index (χ0n) is 15.3. The summed E-state index contributed by atoms with van der Waals surface area (Å²) in [7, 11) is 1.52. The van der Waals surface area contributed by atoms with E-state index in [-0.39, 0.29) is 5.91 Å². The number of H-pyrrole nitrogens is 1. The maximum atomic E-state index is 12.5. The standard InChI is InChI=1S/C20H22ClN3O3/c1-3-10-27-19-14(21)11-13(12-17(19)26-2)20(25)22-9-8-18-23-15-6-4-5-7-16(15)24-18/h4-7,11-12H,3,8-10H2,1-2H3,(H,22,25)(H,23,24). The lowest BCUT2D eigenvalue weighted by molar-refractivity contribution is 0.0953. The van der Waals surface area contributed by atoms with Crippen molar-refractivity contribution in [2.45, 2.75) is 19.8 Å². The molecule has 0 spiro atoms. The van der Waals surface area contributed by atoms with Gasteiger partial charge in [0.2, 0.25) is 0 Å². The van der Waals surface area contributed by atoms with Gasteiger partial charge in [-0.25, -0.2) is 4.98 Å². The molecule has 1 amide bonds. The molecule has 27 heavy (non-hydrogen) atoms. The summed E-state index contributed by atoms with van der Waals surface area (Å²) in [5.74, 6) is 1.50. The summed E-state index contributed by atoms with van der Waals surface area (Å²) in [6.45, 7) is 2.98. The van der Waals surface area contributed by atoms with E-state index in [4.69, 9.17) is 21.1 Å². The van der Waals surface area contributed by atoms with Crippen molar-refractivity contribution in [2.75, 3.05) is 20.3 Å². The molecule has 0 fully saturated rings. The van der Waals surface area contributed by atoms with E-state index in [1.54, 1.807) is 12.1 Å². The lowest BCUT2D eigenvalue weighted by atomic mass is 10.2. The quantitative estimate of drug-likeness (QED) is 0.612. The first-order valence-corrected chi connectivity index (χ1v) is 9.22. The number of halogens is 1. The molecule has 3 rings (SSSR count). The van der Waals surface area contributed by atoms with Crippen molar-refractivity contribution in [3.63, 3.8) is 0 Å². The number of methoxy groups -OCH3 is 1. The molecule has 0 saturated heterocycles.